The summed E-state index contributed by atoms with van der Waals surface area (Å²) in [6, 6.07) is 7.42. The first-order chi connectivity index (χ1) is 9.26. The van der Waals surface area contributed by atoms with Crippen molar-refractivity contribution in [3.8, 4) is 5.75 Å². The van der Waals surface area contributed by atoms with Gasteiger partial charge in [-0.3, -0.25) is 0 Å². The molecule has 4 heteroatoms. The lowest BCUT2D eigenvalue weighted by Crippen LogP contribution is -2.29. The van der Waals surface area contributed by atoms with Gasteiger partial charge < -0.3 is 14.7 Å². The van der Waals surface area contributed by atoms with Crippen LogP contribution in [0.3, 0.4) is 0 Å². The van der Waals surface area contributed by atoms with E-state index in [1.54, 1.807) is 0 Å². The number of rotatable bonds is 10. The summed E-state index contributed by atoms with van der Waals surface area (Å²) in [5.41, 5.74) is 0. The number of aliphatic hydroxyl groups is 1. The average Bonchev–Trinajstić information content (AvgIpc) is 2.42. The molecule has 3 nitrogen and oxygen atoms in total. The van der Waals surface area contributed by atoms with Gasteiger partial charge in [-0.15, -0.1) is 0 Å². The number of hydrogen-bond donors (Lipinski definition) is 1. The molecule has 0 radical (unpaired) electrons. The maximum atomic E-state index is 9.01. The highest BCUT2D eigenvalue weighted by Crippen LogP contribution is 2.15. The molecule has 0 atom stereocenters. The zero-order valence-electron chi connectivity index (χ0n) is 11.6. The van der Waals surface area contributed by atoms with E-state index >= 15 is 0 Å². The number of halogens is 1. The van der Waals surface area contributed by atoms with Crippen LogP contribution in [0.5, 0.6) is 5.75 Å². The predicted molar refractivity (Wildman–Crippen MR) is 80.0 cm³/mol. The van der Waals surface area contributed by atoms with E-state index < -0.39 is 0 Å². The van der Waals surface area contributed by atoms with Gasteiger partial charge in [0, 0.05) is 18.1 Å². The summed E-state index contributed by atoms with van der Waals surface area (Å²) in [5.74, 6) is 0.853. The topological polar surface area (TPSA) is 32.7 Å². The summed E-state index contributed by atoms with van der Waals surface area (Å²) >= 11 is 5.81. The predicted octanol–water partition coefficient (Wildman–Crippen LogP) is 3.20. The van der Waals surface area contributed by atoms with E-state index in [1.165, 1.54) is 12.8 Å². The van der Waals surface area contributed by atoms with E-state index in [0.29, 0.717) is 6.61 Å². The molecule has 1 aromatic rings. The summed E-state index contributed by atoms with van der Waals surface area (Å²) in [6.45, 7) is 5.87. The molecule has 1 N–H and O–H groups in total. The van der Waals surface area contributed by atoms with Gasteiger partial charge in [0.1, 0.15) is 5.75 Å². The van der Waals surface area contributed by atoms with Crippen LogP contribution in [0.15, 0.2) is 24.3 Å². The molecule has 0 aliphatic rings. The third-order valence-electron chi connectivity index (χ3n) is 2.95. The Hall–Kier alpha value is -0.770. The molecule has 0 aliphatic heterocycles. The smallest absolute Gasteiger partial charge is 0.119 e. The molecule has 0 heterocycles. The van der Waals surface area contributed by atoms with Crippen LogP contribution in [0.25, 0.3) is 0 Å². The maximum Gasteiger partial charge on any atom is 0.119 e. The third kappa shape index (κ3) is 7.41. The van der Waals surface area contributed by atoms with Crippen molar-refractivity contribution in [3.63, 3.8) is 0 Å². The van der Waals surface area contributed by atoms with Crippen LogP contribution >= 0.6 is 11.6 Å². The van der Waals surface area contributed by atoms with Crippen LogP contribution in [0.1, 0.15) is 26.2 Å². The molecule has 0 bridgehead atoms. The summed E-state index contributed by atoms with van der Waals surface area (Å²) < 4.78 is 5.65. The van der Waals surface area contributed by atoms with E-state index in [2.05, 4.69) is 11.8 Å². The average molecular weight is 286 g/mol. The number of aliphatic hydroxyl groups excluding tert-OH is 1. The van der Waals surface area contributed by atoms with Crippen molar-refractivity contribution in [2.24, 2.45) is 0 Å². The van der Waals surface area contributed by atoms with Crippen LogP contribution in [-0.2, 0) is 0 Å². The van der Waals surface area contributed by atoms with Gasteiger partial charge in [0.15, 0.2) is 0 Å². The van der Waals surface area contributed by atoms with Crippen molar-refractivity contribution in [1.82, 2.24) is 4.90 Å². The molecule has 1 aromatic carbocycles. The van der Waals surface area contributed by atoms with Gasteiger partial charge in [-0.2, -0.15) is 0 Å². The Morgan fingerprint density at radius 3 is 2.42 bits per heavy atom. The Morgan fingerprint density at radius 1 is 1.11 bits per heavy atom. The molecule has 19 heavy (non-hydrogen) atoms. The minimum Gasteiger partial charge on any atom is -0.494 e. The summed E-state index contributed by atoms with van der Waals surface area (Å²) in [4.78, 5) is 2.29. The van der Waals surface area contributed by atoms with Crippen LogP contribution in [0.4, 0.5) is 0 Å². The summed E-state index contributed by atoms with van der Waals surface area (Å²) in [7, 11) is 0. The van der Waals surface area contributed by atoms with E-state index in [0.717, 1.165) is 36.8 Å². The molecule has 0 amide bonds. The molecule has 0 spiro atoms. The number of benzene rings is 1. The summed E-state index contributed by atoms with van der Waals surface area (Å²) in [6.07, 6.45) is 3.33. The molecule has 0 saturated carbocycles. The van der Waals surface area contributed by atoms with Crippen LogP contribution in [0, 0.1) is 0 Å². The Bertz CT molecular complexity index is 329. The second kappa shape index (κ2) is 10.1. The van der Waals surface area contributed by atoms with E-state index in [-0.39, 0.29) is 6.61 Å². The van der Waals surface area contributed by atoms with Crippen molar-refractivity contribution in [2.75, 3.05) is 32.8 Å². The lowest BCUT2D eigenvalue weighted by atomic mass is 10.3. The highest BCUT2D eigenvalue weighted by atomic mass is 35.5. The fourth-order valence-corrected chi connectivity index (χ4v) is 1.99. The molecule has 0 fully saturated rings. The molecular weight excluding hydrogens is 262 g/mol. The fraction of sp³-hybridized carbons (Fsp3) is 0.600. The first kappa shape index (κ1) is 16.3. The molecular formula is C15H24ClNO2. The van der Waals surface area contributed by atoms with Crippen molar-refractivity contribution in [3.05, 3.63) is 29.3 Å². The van der Waals surface area contributed by atoms with Crippen molar-refractivity contribution < 1.29 is 9.84 Å². The number of nitrogens with zero attached hydrogens (tertiary/aromatic N) is 1. The number of hydrogen-bond acceptors (Lipinski definition) is 3. The van der Waals surface area contributed by atoms with Gasteiger partial charge in [-0.1, -0.05) is 24.9 Å². The lowest BCUT2D eigenvalue weighted by Gasteiger charge is -2.20. The van der Waals surface area contributed by atoms with Gasteiger partial charge in [0.05, 0.1) is 13.2 Å². The standard InChI is InChI=1S/C15H24ClNO2/c1-2-3-9-17(11-12-18)10-4-13-19-15-7-5-14(16)6-8-15/h5-8,18H,2-4,9-13H2,1H3. The van der Waals surface area contributed by atoms with Gasteiger partial charge in [-0.05, 0) is 43.7 Å². The van der Waals surface area contributed by atoms with Gasteiger partial charge >= 0.3 is 0 Å². The van der Waals surface area contributed by atoms with Crippen LogP contribution in [0.2, 0.25) is 5.02 Å². The minimum absolute atomic E-state index is 0.224. The summed E-state index contributed by atoms with van der Waals surface area (Å²) in [5, 5.41) is 9.73. The van der Waals surface area contributed by atoms with E-state index in [9.17, 15) is 0 Å². The van der Waals surface area contributed by atoms with Crippen molar-refractivity contribution in [1.29, 1.82) is 0 Å². The molecule has 1 rings (SSSR count). The Balaban J connectivity index is 2.18. The molecule has 0 aromatic heterocycles. The maximum absolute atomic E-state index is 9.01. The second-order valence-electron chi connectivity index (χ2n) is 4.57. The zero-order chi connectivity index (χ0) is 13.9. The second-order valence-corrected chi connectivity index (χ2v) is 5.01. The largest absolute Gasteiger partial charge is 0.494 e. The van der Waals surface area contributed by atoms with Gasteiger partial charge in [-0.25, -0.2) is 0 Å². The first-order valence-corrected chi connectivity index (χ1v) is 7.35. The molecule has 0 saturated heterocycles. The van der Waals surface area contributed by atoms with Crippen LogP contribution in [-0.4, -0.2) is 42.9 Å². The quantitative estimate of drug-likeness (QED) is 0.670. The zero-order valence-corrected chi connectivity index (χ0v) is 12.4. The van der Waals surface area contributed by atoms with Gasteiger partial charge in [0.25, 0.3) is 0 Å². The molecule has 108 valence electrons. The van der Waals surface area contributed by atoms with Crippen molar-refractivity contribution in [2.45, 2.75) is 26.2 Å². The monoisotopic (exact) mass is 285 g/mol. The fourth-order valence-electron chi connectivity index (χ4n) is 1.87. The molecule has 0 aliphatic carbocycles. The SMILES string of the molecule is CCCCN(CCO)CCCOc1ccc(Cl)cc1. The third-order valence-corrected chi connectivity index (χ3v) is 3.20. The Kier molecular flexibility index (Phi) is 8.63. The normalized spacial score (nSPS) is 10.9. The Labute approximate surface area is 121 Å². The van der Waals surface area contributed by atoms with E-state index in [1.807, 2.05) is 24.3 Å². The first-order valence-electron chi connectivity index (χ1n) is 6.98. The minimum atomic E-state index is 0.224. The van der Waals surface area contributed by atoms with Gasteiger partial charge in [0.2, 0.25) is 0 Å². The highest BCUT2D eigenvalue weighted by molar-refractivity contribution is 6.30. The van der Waals surface area contributed by atoms with Crippen LogP contribution < -0.4 is 4.74 Å². The lowest BCUT2D eigenvalue weighted by molar-refractivity contribution is 0.181. The van der Waals surface area contributed by atoms with E-state index in [4.69, 9.17) is 21.4 Å². The Morgan fingerprint density at radius 2 is 1.79 bits per heavy atom. The molecule has 0 unspecified atom stereocenters. The number of unbranched alkanes of at least 4 members (excludes halogenated alkanes) is 1. The van der Waals surface area contributed by atoms with Crippen molar-refractivity contribution >= 4 is 11.6 Å². The number of ether oxygens (including phenoxy) is 1. The highest BCUT2D eigenvalue weighted by Gasteiger charge is 2.03.